The van der Waals surface area contributed by atoms with Gasteiger partial charge in [0.05, 0.1) is 6.61 Å². The molecule has 1 aliphatic heterocycles. The maximum absolute atomic E-state index is 13.2. The SMILES string of the molecule is CCOC(=O)C(c1ccccc1)N1CCC(N(C)c2ccc(NC(=O)c3ccccc3-c3ccccc3)cc2)CC1. The van der Waals surface area contributed by atoms with Gasteiger partial charge in [-0.05, 0) is 66.8 Å². The van der Waals surface area contributed by atoms with Gasteiger partial charge in [-0.1, -0.05) is 78.9 Å². The number of hydrogen-bond acceptors (Lipinski definition) is 5. The number of rotatable bonds is 9. The van der Waals surface area contributed by atoms with Crippen LogP contribution in [0.15, 0.2) is 109 Å². The van der Waals surface area contributed by atoms with Gasteiger partial charge in [-0.25, -0.2) is 4.79 Å². The second-order valence-electron chi connectivity index (χ2n) is 10.4. The topological polar surface area (TPSA) is 61.9 Å². The van der Waals surface area contributed by atoms with Crippen LogP contribution < -0.4 is 10.2 Å². The minimum atomic E-state index is -0.377. The predicted molar refractivity (Wildman–Crippen MR) is 165 cm³/mol. The normalized spacial score (nSPS) is 14.7. The molecule has 4 aromatic rings. The molecule has 1 heterocycles. The van der Waals surface area contributed by atoms with E-state index >= 15 is 0 Å². The fourth-order valence-corrected chi connectivity index (χ4v) is 5.62. The van der Waals surface area contributed by atoms with Gasteiger partial charge in [0.15, 0.2) is 0 Å². The average molecular weight is 548 g/mol. The number of carbonyl (C=O) groups excluding carboxylic acids is 2. The zero-order chi connectivity index (χ0) is 28.6. The van der Waals surface area contributed by atoms with E-state index in [9.17, 15) is 9.59 Å². The van der Waals surface area contributed by atoms with E-state index in [0.29, 0.717) is 18.2 Å². The molecule has 210 valence electrons. The van der Waals surface area contributed by atoms with Gasteiger partial charge in [0.1, 0.15) is 6.04 Å². The summed E-state index contributed by atoms with van der Waals surface area (Å²) in [6.45, 7) is 3.84. The molecule has 6 heteroatoms. The first-order valence-corrected chi connectivity index (χ1v) is 14.3. The molecule has 1 fully saturated rings. The molecule has 41 heavy (non-hydrogen) atoms. The molecule has 0 aliphatic carbocycles. The fraction of sp³-hybridized carbons (Fsp3) is 0.257. The van der Waals surface area contributed by atoms with Crippen LogP contribution in [-0.2, 0) is 9.53 Å². The Morgan fingerprint density at radius 3 is 2.12 bits per heavy atom. The molecule has 1 atom stereocenters. The van der Waals surface area contributed by atoms with Crippen LogP contribution in [0.1, 0.15) is 41.7 Å². The largest absolute Gasteiger partial charge is 0.465 e. The number of ether oxygens (including phenoxy) is 1. The number of nitrogens with zero attached hydrogens (tertiary/aromatic N) is 2. The van der Waals surface area contributed by atoms with Gasteiger partial charge in [-0.3, -0.25) is 9.69 Å². The van der Waals surface area contributed by atoms with Crippen LogP contribution in [0.5, 0.6) is 0 Å². The molecule has 1 N–H and O–H groups in total. The second-order valence-corrected chi connectivity index (χ2v) is 10.4. The lowest BCUT2D eigenvalue weighted by atomic mass is 9.98. The fourth-order valence-electron chi connectivity index (χ4n) is 5.62. The van der Waals surface area contributed by atoms with Crippen LogP contribution in [0.4, 0.5) is 11.4 Å². The van der Waals surface area contributed by atoms with E-state index in [2.05, 4.69) is 34.3 Å². The molecule has 0 spiro atoms. The van der Waals surface area contributed by atoms with Gasteiger partial charge in [0, 0.05) is 43.1 Å². The lowest BCUT2D eigenvalue weighted by Crippen LogP contribution is -2.46. The third-order valence-corrected chi connectivity index (χ3v) is 7.83. The van der Waals surface area contributed by atoms with Crippen molar-refractivity contribution in [3.63, 3.8) is 0 Å². The van der Waals surface area contributed by atoms with Crippen molar-refractivity contribution in [1.82, 2.24) is 4.90 Å². The Morgan fingerprint density at radius 1 is 0.854 bits per heavy atom. The molecule has 0 saturated carbocycles. The molecule has 0 aromatic heterocycles. The first kappa shape index (κ1) is 28.1. The quantitative estimate of drug-likeness (QED) is 0.233. The summed E-state index contributed by atoms with van der Waals surface area (Å²) in [4.78, 5) is 30.6. The monoisotopic (exact) mass is 547 g/mol. The van der Waals surface area contributed by atoms with E-state index < -0.39 is 0 Å². The Labute approximate surface area is 242 Å². The second kappa shape index (κ2) is 13.3. The molecule has 0 bridgehead atoms. The van der Waals surface area contributed by atoms with Crippen LogP contribution in [0.3, 0.4) is 0 Å². The number of benzene rings is 4. The smallest absolute Gasteiger partial charge is 0.327 e. The molecule has 1 saturated heterocycles. The van der Waals surface area contributed by atoms with Crippen LogP contribution >= 0.6 is 0 Å². The molecule has 1 aliphatic rings. The van der Waals surface area contributed by atoms with Gasteiger partial charge in [-0.2, -0.15) is 0 Å². The van der Waals surface area contributed by atoms with Crippen molar-refractivity contribution in [2.24, 2.45) is 0 Å². The Kier molecular flexibility index (Phi) is 9.12. The molecule has 1 unspecified atom stereocenters. The number of amides is 1. The highest BCUT2D eigenvalue weighted by Crippen LogP contribution is 2.30. The van der Waals surface area contributed by atoms with Crippen molar-refractivity contribution in [3.05, 3.63) is 120 Å². The average Bonchev–Trinajstić information content (AvgIpc) is 3.03. The van der Waals surface area contributed by atoms with Gasteiger partial charge in [0.2, 0.25) is 0 Å². The number of esters is 1. The highest BCUT2D eigenvalue weighted by atomic mass is 16.5. The summed E-state index contributed by atoms with van der Waals surface area (Å²) in [5.41, 5.74) is 5.38. The minimum absolute atomic E-state index is 0.132. The van der Waals surface area contributed by atoms with Crippen LogP contribution in [0.25, 0.3) is 11.1 Å². The highest BCUT2D eigenvalue weighted by Gasteiger charge is 2.33. The minimum Gasteiger partial charge on any atom is -0.465 e. The molecule has 0 radical (unpaired) electrons. The van der Waals surface area contributed by atoms with Crippen molar-refractivity contribution in [2.45, 2.75) is 31.8 Å². The summed E-state index contributed by atoms with van der Waals surface area (Å²) in [7, 11) is 2.12. The van der Waals surface area contributed by atoms with Gasteiger partial charge in [-0.15, -0.1) is 0 Å². The Balaban J connectivity index is 1.21. The van der Waals surface area contributed by atoms with Crippen molar-refractivity contribution in [1.29, 1.82) is 0 Å². The first-order chi connectivity index (χ1) is 20.0. The van der Waals surface area contributed by atoms with Crippen molar-refractivity contribution in [3.8, 4) is 11.1 Å². The molecular weight excluding hydrogens is 510 g/mol. The maximum Gasteiger partial charge on any atom is 0.327 e. The summed E-state index contributed by atoms with van der Waals surface area (Å²) in [5, 5.41) is 3.06. The number of nitrogens with one attached hydrogen (secondary N) is 1. The number of carbonyl (C=O) groups is 2. The lowest BCUT2D eigenvalue weighted by Gasteiger charge is -2.40. The van der Waals surface area contributed by atoms with E-state index in [4.69, 9.17) is 4.74 Å². The summed E-state index contributed by atoms with van der Waals surface area (Å²) in [5.74, 6) is -0.318. The van der Waals surface area contributed by atoms with E-state index in [-0.39, 0.29) is 17.9 Å². The summed E-state index contributed by atoms with van der Waals surface area (Å²) >= 11 is 0. The van der Waals surface area contributed by atoms with Crippen LogP contribution in [-0.4, -0.2) is 49.6 Å². The zero-order valence-electron chi connectivity index (χ0n) is 23.7. The third kappa shape index (κ3) is 6.67. The molecule has 5 rings (SSSR count). The van der Waals surface area contributed by atoms with E-state index in [1.807, 2.05) is 104 Å². The van der Waals surface area contributed by atoms with E-state index in [0.717, 1.165) is 54.0 Å². The first-order valence-electron chi connectivity index (χ1n) is 14.3. The van der Waals surface area contributed by atoms with Gasteiger partial charge >= 0.3 is 5.97 Å². The lowest BCUT2D eigenvalue weighted by molar-refractivity contribution is -0.150. The zero-order valence-corrected chi connectivity index (χ0v) is 23.7. The molecule has 6 nitrogen and oxygen atoms in total. The summed E-state index contributed by atoms with van der Waals surface area (Å²) < 4.78 is 5.43. The summed E-state index contributed by atoms with van der Waals surface area (Å²) in [6, 6.07) is 35.5. The number of piperidine rings is 1. The van der Waals surface area contributed by atoms with Crippen molar-refractivity contribution < 1.29 is 14.3 Å². The third-order valence-electron chi connectivity index (χ3n) is 7.83. The Morgan fingerprint density at radius 2 is 1.46 bits per heavy atom. The number of hydrogen-bond donors (Lipinski definition) is 1. The van der Waals surface area contributed by atoms with Gasteiger partial charge < -0.3 is 15.0 Å². The van der Waals surface area contributed by atoms with Crippen LogP contribution in [0.2, 0.25) is 0 Å². The summed E-state index contributed by atoms with van der Waals surface area (Å²) in [6.07, 6.45) is 1.88. The Bertz CT molecular complexity index is 1430. The number of anilines is 2. The highest BCUT2D eigenvalue weighted by molar-refractivity contribution is 6.08. The van der Waals surface area contributed by atoms with Gasteiger partial charge in [0.25, 0.3) is 5.91 Å². The van der Waals surface area contributed by atoms with E-state index in [1.54, 1.807) is 0 Å². The van der Waals surface area contributed by atoms with Crippen molar-refractivity contribution >= 4 is 23.3 Å². The molecule has 4 aromatic carbocycles. The van der Waals surface area contributed by atoms with E-state index in [1.165, 1.54) is 0 Å². The predicted octanol–water partition coefficient (Wildman–Crippen LogP) is 6.81. The molecular formula is C35H37N3O3. The standard InChI is InChI=1S/C35H37N3O3/c1-3-41-35(40)33(27-14-8-5-9-15-27)38-24-22-30(23-25-38)37(2)29-20-18-28(19-21-29)36-34(39)32-17-11-10-16-31(32)26-12-6-4-7-13-26/h4-21,30,33H,3,22-25H2,1-2H3,(H,36,39). The molecule has 1 amide bonds. The van der Waals surface area contributed by atoms with Crippen molar-refractivity contribution in [2.75, 3.05) is 37.0 Å². The Hall–Kier alpha value is -4.42. The number of likely N-dealkylation sites (tertiary alicyclic amines) is 1. The van der Waals surface area contributed by atoms with Crippen LogP contribution in [0, 0.1) is 0 Å². The maximum atomic E-state index is 13.2.